The fourth-order valence-corrected chi connectivity index (χ4v) is 4.27. The highest BCUT2D eigenvalue weighted by Gasteiger charge is 2.29. The third-order valence-corrected chi connectivity index (χ3v) is 6.27. The van der Waals surface area contributed by atoms with Crippen LogP contribution >= 0.6 is 23.2 Å². The molecule has 0 aromatic heterocycles. The Labute approximate surface area is 168 Å². The zero-order chi connectivity index (χ0) is 20.2. The first kappa shape index (κ1) is 21.7. The fourth-order valence-electron chi connectivity index (χ4n) is 2.52. The highest BCUT2D eigenvalue weighted by atomic mass is 35.5. The van der Waals surface area contributed by atoms with Crippen molar-refractivity contribution in [2.75, 3.05) is 0 Å². The largest absolute Gasteiger partial charge is 0.289 e. The summed E-state index contributed by atoms with van der Waals surface area (Å²) in [5.74, 6) is -1.14. The lowest BCUT2D eigenvalue weighted by Gasteiger charge is -2.22. The van der Waals surface area contributed by atoms with E-state index in [4.69, 9.17) is 28.4 Å². The van der Waals surface area contributed by atoms with E-state index in [2.05, 4.69) is 4.72 Å². The summed E-state index contributed by atoms with van der Waals surface area (Å²) in [6.45, 7) is 3.53. The number of rotatable bonds is 7. The van der Waals surface area contributed by atoms with Crippen molar-refractivity contribution in [3.8, 4) is 11.1 Å². The summed E-state index contributed by atoms with van der Waals surface area (Å²) >= 11 is 12.2. The number of carbonyl (C=O) groups excluding carboxylic acids is 1. The first-order chi connectivity index (χ1) is 12.7. The number of sulfonamides is 1. The van der Waals surface area contributed by atoms with Crippen molar-refractivity contribution >= 4 is 39.1 Å². The molecule has 1 amide bonds. The van der Waals surface area contributed by atoms with E-state index in [1.54, 1.807) is 37.3 Å². The average molecular weight is 431 g/mol. The average Bonchev–Trinajstić information content (AvgIpc) is 2.66. The van der Waals surface area contributed by atoms with Gasteiger partial charge in [0.25, 0.3) is 5.91 Å². The normalized spacial score (nSPS) is 13.8. The van der Waals surface area contributed by atoms with E-state index >= 15 is 0 Å². The van der Waals surface area contributed by atoms with Crippen LogP contribution in [0.1, 0.15) is 20.3 Å². The monoisotopic (exact) mass is 430 g/mol. The minimum atomic E-state index is -4.02. The number of hydrogen-bond donors (Lipinski definition) is 3. The molecule has 2 atom stereocenters. The van der Waals surface area contributed by atoms with Crippen molar-refractivity contribution in [1.29, 1.82) is 0 Å². The van der Waals surface area contributed by atoms with E-state index in [1.165, 1.54) is 17.6 Å². The van der Waals surface area contributed by atoms with Gasteiger partial charge in [0, 0.05) is 15.6 Å². The molecule has 146 valence electrons. The Morgan fingerprint density at radius 1 is 1.19 bits per heavy atom. The van der Waals surface area contributed by atoms with Crippen LogP contribution in [0.3, 0.4) is 0 Å². The first-order valence-electron chi connectivity index (χ1n) is 8.21. The van der Waals surface area contributed by atoms with Crippen LogP contribution in [-0.2, 0) is 14.8 Å². The topological polar surface area (TPSA) is 95.5 Å². The Bertz CT molecular complexity index is 935. The quantitative estimate of drug-likeness (QED) is 0.458. The second-order valence-electron chi connectivity index (χ2n) is 6.11. The van der Waals surface area contributed by atoms with Gasteiger partial charge in [-0.25, -0.2) is 13.9 Å². The summed E-state index contributed by atoms with van der Waals surface area (Å²) in [7, 11) is -4.02. The SMILES string of the molecule is CC[C@H](C)[C@H](NS(=O)(=O)c1cccc(-c2cc(Cl)ccc2Cl)c1)C(=O)NO. The fraction of sp³-hybridized carbons (Fsp3) is 0.278. The predicted molar refractivity (Wildman–Crippen MR) is 105 cm³/mol. The summed E-state index contributed by atoms with van der Waals surface area (Å²) < 4.78 is 27.9. The maximum Gasteiger partial charge on any atom is 0.261 e. The summed E-state index contributed by atoms with van der Waals surface area (Å²) in [6, 6.07) is 9.95. The molecule has 27 heavy (non-hydrogen) atoms. The third-order valence-electron chi connectivity index (χ3n) is 4.27. The van der Waals surface area contributed by atoms with Crippen molar-refractivity contribution in [3.05, 3.63) is 52.5 Å². The van der Waals surface area contributed by atoms with Gasteiger partial charge in [0.2, 0.25) is 10.0 Å². The highest BCUT2D eigenvalue weighted by Crippen LogP contribution is 2.31. The van der Waals surface area contributed by atoms with Crippen molar-refractivity contribution in [2.24, 2.45) is 5.92 Å². The van der Waals surface area contributed by atoms with Crippen LogP contribution in [0.4, 0.5) is 0 Å². The Kier molecular flexibility index (Phi) is 7.25. The van der Waals surface area contributed by atoms with Gasteiger partial charge >= 0.3 is 0 Å². The molecule has 2 aromatic rings. The second kappa shape index (κ2) is 9.03. The van der Waals surface area contributed by atoms with Crippen LogP contribution in [-0.4, -0.2) is 25.6 Å². The van der Waals surface area contributed by atoms with E-state index < -0.39 is 22.0 Å². The number of amides is 1. The van der Waals surface area contributed by atoms with Gasteiger partial charge in [-0.1, -0.05) is 55.6 Å². The van der Waals surface area contributed by atoms with Gasteiger partial charge in [-0.2, -0.15) is 4.72 Å². The molecule has 0 fully saturated rings. The third kappa shape index (κ3) is 5.21. The number of carbonyl (C=O) groups is 1. The molecule has 0 unspecified atom stereocenters. The maximum absolute atomic E-state index is 12.8. The second-order valence-corrected chi connectivity index (χ2v) is 8.67. The standard InChI is InChI=1S/C18H20Cl2N2O4S/c1-3-11(2)17(18(23)21-24)22-27(25,26)14-6-4-5-12(9-14)15-10-13(19)7-8-16(15)20/h4-11,17,22,24H,3H2,1-2H3,(H,21,23)/t11-,17-/m0/s1. The number of hydroxylamine groups is 1. The number of nitrogens with one attached hydrogen (secondary N) is 2. The number of hydrogen-bond acceptors (Lipinski definition) is 4. The van der Waals surface area contributed by atoms with Gasteiger partial charge in [0.1, 0.15) is 6.04 Å². The molecule has 0 aliphatic heterocycles. The molecule has 0 bridgehead atoms. The Morgan fingerprint density at radius 2 is 1.89 bits per heavy atom. The Balaban J connectivity index is 2.42. The van der Waals surface area contributed by atoms with Crippen LogP contribution in [0.25, 0.3) is 11.1 Å². The summed E-state index contributed by atoms with van der Waals surface area (Å²) in [6.07, 6.45) is 0.540. The molecular formula is C18H20Cl2N2O4S. The van der Waals surface area contributed by atoms with E-state index in [1.807, 2.05) is 6.92 Å². The molecule has 0 saturated carbocycles. The maximum atomic E-state index is 12.8. The molecule has 0 heterocycles. The van der Waals surface area contributed by atoms with E-state index in [-0.39, 0.29) is 10.8 Å². The van der Waals surface area contributed by atoms with Crippen LogP contribution < -0.4 is 10.2 Å². The minimum absolute atomic E-state index is 0.0323. The van der Waals surface area contributed by atoms with Gasteiger partial charge in [-0.15, -0.1) is 0 Å². The smallest absolute Gasteiger partial charge is 0.261 e. The molecule has 0 aliphatic rings. The van der Waals surface area contributed by atoms with Gasteiger partial charge in [-0.3, -0.25) is 10.0 Å². The lowest BCUT2D eigenvalue weighted by molar-refractivity contribution is -0.132. The lowest BCUT2D eigenvalue weighted by Crippen LogP contribution is -2.49. The highest BCUT2D eigenvalue weighted by molar-refractivity contribution is 7.89. The zero-order valence-corrected chi connectivity index (χ0v) is 17.1. The van der Waals surface area contributed by atoms with E-state index in [0.717, 1.165) is 0 Å². The van der Waals surface area contributed by atoms with Gasteiger partial charge < -0.3 is 0 Å². The molecule has 0 spiro atoms. The van der Waals surface area contributed by atoms with Crippen molar-refractivity contribution in [1.82, 2.24) is 10.2 Å². The number of benzene rings is 2. The van der Waals surface area contributed by atoms with Gasteiger partial charge in [0.05, 0.1) is 4.90 Å². The van der Waals surface area contributed by atoms with E-state index in [9.17, 15) is 13.2 Å². The molecule has 0 radical (unpaired) electrons. The van der Waals surface area contributed by atoms with E-state index in [0.29, 0.717) is 27.6 Å². The van der Waals surface area contributed by atoms with Crippen LogP contribution in [0, 0.1) is 5.92 Å². The molecule has 0 saturated heterocycles. The molecular weight excluding hydrogens is 411 g/mol. The molecule has 0 aliphatic carbocycles. The van der Waals surface area contributed by atoms with Crippen LogP contribution in [0.5, 0.6) is 0 Å². The van der Waals surface area contributed by atoms with Crippen molar-refractivity contribution in [2.45, 2.75) is 31.2 Å². The summed E-state index contributed by atoms with van der Waals surface area (Å²) in [4.78, 5) is 11.8. The van der Waals surface area contributed by atoms with Gasteiger partial charge in [-0.05, 0) is 41.8 Å². The first-order valence-corrected chi connectivity index (χ1v) is 10.4. The lowest BCUT2D eigenvalue weighted by atomic mass is 10.00. The molecule has 9 heteroatoms. The zero-order valence-electron chi connectivity index (χ0n) is 14.7. The summed E-state index contributed by atoms with van der Waals surface area (Å²) in [5.41, 5.74) is 2.66. The number of halogens is 2. The van der Waals surface area contributed by atoms with Gasteiger partial charge in [0.15, 0.2) is 0 Å². The molecule has 2 aromatic carbocycles. The van der Waals surface area contributed by atoms with Crippen molar-refractivity contribution < 1.29 is 18.4 Å². The minimum Gasteiger partial charge on any atom is -0.289 e. The Hall–Kier alpha value is -1.64. The molecule has 6 nitrogen and oxygen atoms in total. The molecule has 3 N–H and O–H groups in total. The van der Waals surface area contributed by atoms with Crippen LogP contribution in [0.2, 0.25) is 10.0 Å². The van der Waals surface area contributed by atoms with Crippen molar-refractivity contribution in [3.63, 3.8) is 0 Å². The van der Waals surface area contributed by atoms with Crippen LogP contribution in [0.15, 0.2) is 47.4 Å². The molecule has 2 rings (SSSR count). The summed E-state index contributed by atoms with van der Waals surface area (Å²) in [5, 5.41) is 9.80. The Morgan fingerprint density at radius 3 is 2.52 bits per heavy atom. The predicted octanol–water partition coefficient (Wildman–Crippen LogP) is 3.86.